The van der Waals surface area contributed by atoms with Gasteiger partial charge in [-0.15, -0.1) is 0 Å². The first-order valence-electron chi connectivity index (χ1n) is 6.23. The summed E-state index contributed by atoms with van der Waals surface area (Å²) in [6, 6.07) is 15.4. The first kappa shape index (κ1) is 13.3. The molecule has 2 aromatic carbocycles. The molecule has 0 amide bonds. The van der Waals surface area contributed by atoms with Gasteiger partial charge in [-0.25, -0.2) is 19.7 Å². The lowest BCUT2D eigenvalue weighted by Crippen LogP contribution is -2.99. The minimum Gasteiger partial charge on any atom is -0.595 e. The van der Waals surface area contributed by atoms with Gasteiger partial charge in [-0.05, 0) is 6.07 Å². The van der Waals surface area contributed by atoms with Crippen molar-refractivity contribution < 1.29 is 10.4 Å². The summed E-state index contributed by atoms with van der Waals surface area (Å²) in [6.07, 6.45) is 0. The first-order chi connectivity index (χ1) is 10.2. The van der Waals surface area contributed by atoms with E-state index in [1.165, 1.54) is 16.7 Å². The maximum Gasteiger partial charge on any atom is 0.348 e. The first-order valence-corrected chi connectivity index (χ1v) is 6.23. The third-order valence-electron chi connectivity index (χ3n) is 3.06. The predicted molar refractivity (Wildman–Crippen MR) is 75.4 cm³/mol. The minimum atomic E-state index is -1.05. The summed E-state index contributed by atoms with van der Waals surface area (Å²) in [5, 5.41) is 25.5. The van der Waals surface area contributed by atoms with Gasteiger partial charge in [0.25, 0.3) is 0 Å². The van der Waals surface area contributed by atoms with Crippen LogP contribution in [0.3, 0.4) is 0 Å². The lowest BCUT2D eigenvalue weighted by atomic mass is 10.2. The SMILES string of the molecule is O=c1[nH]nc(-c2ccccc2)n1-c1cccc([NH+]([O-])O)c1. The number of aromatic nitrogens is 3. The fraction of sp³-hybridized carbons (Fsp3) is 0. The molecule has 3 aromatic rings. The molecule has 1 heterocycles. The lowest BCUT2D eigenvalue weighted by Gasteiger charge is -2.13. The molecule has 0 radical (unpaired) electrons. The Morgan fingerprint density at radius 2 is 1.90 bits per heavy atom. The normalized spacial score (nSPS) is 12.3. The topological polar surface area (TPSA) is 98.4 Å². The van der Waals surface area contributed by atoms with E-state index in [1.54, 1.807) is 12.1 Å². The number of rotatable bonds is 3. The van der Waals surface area contributed by atoms with Gasteiger partial charge in [0.05, 0.1) is 5.69 Å². The predicted octanol–water partition coefficient (Wildman–Crippen LogP) is 0.631. The van der Waals surface area contributed by atoms with E-state index in [4.69, 9.17) is 5.21 Å². The van der Waals surface area contributed by atoms with Crippen molar-refractivity contribution in [3.05, 3.63) is 70.3 Å². The van der Waals surface area contributed by atoms with Crippen LogP contribution in [0.1, 0.15) is 0 Å². The van der Waals surface area contributed by atoms with E-state index in [-0.39, 0.29) is 5.69 Å². The molecule has 0 fully saturated rings. The monoisotopic (exact) mass is 284 g/mol. The molecule has 0 bridgehead atoms. The lowest BCUT2D eigenvalue weighted by molar-refractivity contribution is -0.991. The molecule has 1 atom stereocenters. The van der Waals surface area contributed by atoms with E-state index in [0.29, 0.717) is 11.5 Å². The number of hydrogen-bond donors (Lipinski definition) is 3. The van der Waals surface area contributed by atoms with E-state index >= 15 is 0 Å². The molecule has 0 aliphatic carbocycles. The number of nitrogens with one attached hydrogen (secondary N) is 2. The van der Waals surface area contributed by atoms with Gasteiger partial charge < -0.3 is 5.21 Å². The van der Waals surface area contributed by atoms with Crippen LogP contribution in [0.4, 0.5) is 5.69 Å². The standard InChI is InChI=1S/C14H12N4O3/c19-14-16-15-13(10-5-2-1-3-6-10)17(14)11-7-4-8-12(9-11)18(20)21/h1-9,18,20H,(H,16,19). The van der Waals surface area contributed by atoms with Gasteiger partial charge in [-0.1, -0.05) is 36.4 Å². The second kappa shape index (κ2) is 5.33. The molecule has 0 saturated carbocycles. The van der Waals surface area contributed by atoms with E-state index in [1.807, 2.05) is 30.3 Å². The van der Waals surface area contributed by atoms with Gasteiger partial charge in [0, 0.05) is 17.7 Å². The number of hydrogen-bond acceptors (Lipinski definition) is 4. The van der Waals surface area contributed by atoms with Crippen LogP contribution in [0.2, 0.25) is 0 Å². The van der Waals surface area contributed by atoms with Gasteiger partial charge in [0.2, 0.25) is 0 Å². The molecule has 0 aliphatic heterocycles. The summed E-state index contributed by atoms with van der Waals surface area (Å²) in [5.74, 6) is 0.433. The van der Waals surface area contributed by atoms with Gasteiger partial charge >= 0.3 is 5.69 Å². The number of quaternary nitrogens is 1. The highest BCUT2D eigenvalue weighted by atomic mass is 16.8. The molecule has 3 rings (SSSR count). The Labute approximate surface area is 119 Å². The van der Waals surface area contributed by atoms with Crippen LogP contribution in [-0.2, 0) is 0 Å². The minimum absolute atomic E-state index is 0.111. The highest BCUT2D eigenvalue weighted by Crippen LogP contribution is 2.19. The fourth-order valence-electron chi connectivity index (χ4n) is 2.10. The highest BCUT2D eigenvalue weighted by molar-refractivity contribution is 5.58. The zero-order valence-corrected chi connectivity index (χ0v) is 10.9. The average Bonchev–Trinajstić information content (AvgIpc) is 2.90. The van der Waals surface area contributed by atoms with E-state index in [0.717, 1.165) is 5.56 Å². The second-order valence-corrected chi connectivity index (χ2v) is 4.41. The third kappa shape index (κ3) is 2.48. The average molecular weight is 284 g/mol. The van der Waals surface area contributed by atoms with Crippen molar-refractivity contribution in [1.29, 1.82) is 0 Å². The Morgan fingerprint density at radius 3 is 2.62 bits per heavy atom. The summed E-state index contributed by atoms with van der Waals surface area (Å²) in [7, 11) is 0. The molecule has 7 nitrogen and oxygen atoms in total. The van der Waals surface area contributed by atoms with E-state index in [2.05, 4.69) is 10.2 Å². The summed E-state index contributed by atoms with van der Waals surface area (Å²) in [4.78, 5) is 12.0. The number of aromatic amines is 1. The van der Waals surface area contributed by atoms with Gasteiger partial charge in [-0.2, -0.15) is 10.3 Å². The maximum absolute atomic E-state index is 12.0. The second-order valence-electron chi connectivity index (χ2n) is 4.41. The Morgan fingerprint density at radius 1 is 1.14 bits per heavy atom. The molecule has 0 spiro atoms. The van der Waals surface area contributed by atoms with Gasteiger partial charge in [-0.3, -0.25) is 0 Å². The highest BCUT2D eigenvalue weighted by Gasteiger charge is 2.13. The van der Waals surface area contributed by atoms with Gasteiger partial charge in [0.1, 0.15) is 0 Å². The largest absolute Gasteiger partial charge is 0.595 e. The number of benzene rings is 2. The van der Waals surface area contributed by atoms with Crippen molar-refractivity contribution in [3.63, 3.8) is 0 Å². The molecule has 0 aliphatic rings. The van der Waals surface area contributed by atoms with Crippen molar-refractivity contribution in [1.82, 2.24) is 14.8 Å². The van der Waals surface area contributed by atoms with Crippen LogP contribution in [0, 0.1) is 5.21 Å². The molecule has 1 aromatic heterocycles. The smallest absolute Gasteiger partial charge is 0.348 e. The van der Waals surface area contributed by atoms with Crippen LogP contribution in [0.25, 0.3) is 17.1 Å². The molecular formula is C14H12N4O3. The fourth-order valence-corrected chi connectivity index (χ4v) is 2.10. The van der Waals surface area contributed by atoms with Crippen LogP contribution < -0.4 is 10.9 Å². The van der Waals surface area contributed by atoms with Crippen molar-refractivity contribution in [2.24, 2.45) is 0 Å². The Balaban J connectivity index is 2.18. The van der Waals surface area contributed by atoms with Crippen LogP contribution in [-0.4, -0.2) is 20.0 Å². The van der Waals surface area contributed by atoms with Crippen LogP contribution in [0.15, 0.2) is 59.4 Å². The Kier molecular flexibility index (Phi) is 3.36. The molecule has 1 unspecified atom stereocenters. The van der Waals surface area contributed by atoms with E-state index in [9.17, 15) is 10.0 Å². The summed E-state index contributed by atoms with van der Waals surface area (Å²) >= 11 is 0. The van der Waals surface area contributed by atoms with Crippen molar-refractivity contribution in [2.45, 2.75) is 0 Å². The molecule has 0 saturated heterocycles. The quantitative estimate of drug-likeness (QED) is 0.614. The zero-order valence-electron chi connectivity index (χ0n) is 10.9. The third-order valence-corrected chi connectivity index (χ3v) is 3.06. The summed E-state index contributed by atoms with van der Waals surface area (Å²) in [6.45, 7) is 0. The van der Waals surface area contributed by atoms with Crippen LogP contribution in [0.5, 0.6) is 0 Å². The molecule has 7 heteroatoms. The Hall–Kier alpha value is -2.74. The van der Waals surface area contributed by atoms with Crippen molar-refractivity contribution in [3.8, 4) is 17.1 Å². The summed E-state index contributed by atoms with van der Waals surface area (Å²) < 4.78 is 1.35. The Bertz CT molecular complexity index is 808. The number of nitrogens with zero attached hydrogens (tertiary/aromatic N) is 2. The molecule has 3 N–H and O–H groups in total. The summed E-state index contributed by atoms with van der Waals surface area (Å²) in [5.41, 5.74) is 0.903. The molecule has 21 heavy (non-hydrogen) atoms. The van der Waals surface area contributed by atoms with Crippen molar-refractivity contribution in [2.75, 3.05) is 0 Å². The molecule has 106 valence electrons. The number of H-pyrrole nitrogens is 1. The molecular weight excluding hydrogens is 272 g/mol. The van der Waals surface area contributed by atoms with Gasteiger partial charge in [0.15, 0.2) is 11.5 Å². The zero-order chi connectivity index (χ0) is 14.8. The van der Waals surface area contributed by atoms with E-state index < -0.39 is 10.9 Å². The van der Waals surface area contributed by atoms with Crippen LogP contribution >= 0.6 is 0 Å². The maximum atomic E-state index is 12.0. The van der Waals surface area contributed by atoms with Crippen molar-refractivity contribution >= 4 is 5.69 Å².